The minimum absolute atomic E-state index is 0.0794. The van der Waals surface area contributed by atoms with Crippen LogP contribution >= 0.6 is 11.3 Å². The van der Waals surface area contributed by atoms with Gasteiger partial charge in [0.1, 0.15) is 5.82 Å². The predicted octanol–water partition coefficient (Wildman–Crippen LogP) is 4.42. The highest BCUT2D eigenvalue weighted by Crippen LogP contribution is 2.43. The molecule has 7 nitrogen and oxygen atoms in total. The van der Waals surface area contributed by atoms with Crippen molar-refractivity contribution in [3.63, 3.8) is 0 Å². The summed E-state index contributed by atoms with van der Waals surface area (Å²) in [6, 6.07) is 18.6. The van der Waals surface area contributed by atoms with Crippen molar-refractivity contribution in [3.05, 3.63) is 82.3 Å². The summed E-state index contributed by atoms with van der Waals surface area (Å²) in [5.41, 5.74) is 8.60. The number of para-hydroxylation sites is 1. The Morgan fingerprint density at radius 2 is 1.91 bits per heavy atom. The summed E-state index contributed by atoms with van der Waals surface area (Å²) in [7, 11) is 0. The van der Waals surface area contributed by atoms with Gasteiger partial charge >= 0.3 is 5.97 Å². The number of esters is 1. The molecule has 2 aromatic heterocycles. The summed E-state index contributed by atoms with van der Waals surface area (Å²) in [6.07, 6.45) is 0.0794. The largest absolute Gasteiger partial charge is 0.457 e. The van der Waals surface area contributed by atoms with Crippen LogP contribution in [0.15, 0.2) is 66.0 Å². The number of amides is 1. The second-order valence-electron chi connectivity index (χ2n) is 8.02. The lowest BCUT2D eigenvalue weighted by atomic mass is 9.99. The molecule has 1 aliphatic heterocycles. The van der Waals surface area contributed by atoms with Crippen molar-refractivity contribution in [3.8, 4) is 0 Å². The molecular formula is C25H22N4O3S. The van der Waals surface area contributed by atoms with Gasteiger partial charge in [-0.2, -0.15) is 0 Å². The fourth-order valence-electron chi connectivity index (χ4n) is 4.20. The number of nitrogens with two attached hydrogens (primary N) is 1. The smallest absolute Gasteiger partial charge is 0.312 e. The van der Waals surface area contributed by atoms with Gasteiger partial charge in [0.2, 0.25) is 5.91 Å². The third kappa shape index (κ3) is 4.05. The van der Waals surface area contributed by atoms with Gasteiger partial charge in [0.05, 0.1) is 17.5 Å². The fraction of sp³-hybridized carbons (Fsp3) is 0.200. The summed E-state index contributed by atoms with van der Waals surface area (Å²) >= 11 is 1.52. The van der Waals surface area contributed by atoms with Gasteiger partial charge in [-0.25, -0.2) is 9.97 Å². The second kappa shape index (κ2) is 8.63. The standard InChI is InChI=1S/C25H22N4O3S/c1-15-8-10-16(11-9-15)29-22(30)13-18(23(29)20-7-4-12-33-20)25(31)32-14-21-27-19-6-3-2-5-17(19)24(26)28-21/h2-12,18,23H,13-14H2,1H3,(H2,26,27,28)/t18-,23+/m0/s1. The van der Waals surface area contributed by atoms with E-state index in [1.165, 1.54) is 11.3 Å². The molecule has 3 heterocycles. The zero-order chi connectivity index (χ0) is 22.9. The summed E-state index contributed by atoms with van der Waals surface area (Å²) in [5, 5.41) is 2.69. The number of hydrogen-bond donors (Lipinski definition) is 1. The summed E-state index contributed by atoms with van der Waals surface area (Å²) in [4.78, 5) is 37.6. The molecule has 2 aromatic carbocycles. The van der Waals surface area contributed by atoms with Crippen LogP contribution in [0.3, 0.4) is 0 Å². The number of carbonyl (C=O) groups is 2. The molecule has 0 radical (unpaired) electrons. The first kappa shape index (κ1) is 21.1. The van der Waals surface area contributed by atoms with E-state index in [1.54, 1.807) is 4.90 Å². The third-order valence-corrected chi connectivity index (χ3v) is 6.74. The maximum atomic E-state index is 13.2. The molecule has 33 heavy (non-hydrogen) atoms. The van der Waals surface area contributed by atoms with Crippen LogP contribution in [0.1, 0.15) is 28.7 Å². The maximum Gasteiger partial charge on any atom is 0.312 e. The number of aromatic nitrogens is 2. The number of anilines is 2. The van der Waals surface area contributed by atoms with E-state index in [9.17, 15) is 9.59 Å². The average molecular weight is 459 g/mol. The van der Waals surface area contributed by atoms with E-state index in [0.29, 0.717) is 17.2 Å². The SMILES string of the molecule is Cc1ccc(N2C(=O)C[C@H](C(=O)OCc3nc(N)c4ccccc4n3)[C@@H]2c2cccs2)cc1. The number of carbonyl (C=O) groups excluding carboxylic acids is 2. The number of benzene rings is 2. The van der Waals surface area contributed by atoms with E-state index >= 15 is 0 Å². The number of fused-ring (bicyclic) bond motifs is 1. The molecule has 1 saturated heterocycles. The number of thiophene rings is 1. The van der Waals surface area contributed by atoms with Gasteiger partial charge in [-0.3, -0.25) is 9.59 Å². The van der Waals surface area contributed by atoms with Crippen LogP contribution in [0.25, 0.3) is 10.9 Å². The molecule has 1 aliphatic rings. The first-order valence-electron chi connectivity index (χ1n) is 10.6. The van der Waals surface area contributed by atoms with E-state index in [4.69, 9.17) is 10.5 Å². The van der Waals surface area contributed by atoms with Gasteiger partial charge in [-0.05, 0) is 42.6 Å². The van der Waals surface area contributed by atoms with Crippen molar-refractivity contribution >= 4 is 45.6 Å². The number of ether oxygens (including phenoxy) is 1. The van der Waals surface area contributed by atoms with Gasteiger partial charge < -0.3 is 15.4 Å². The fourth-order valence-corrected chi connectivity index (χ4v) is 5.08. The summed E-state index contributed by atoms with van der Waals surface area (Å²) < 4.78 is 5.60. The molecular weight excluding hydrogens is 436 g/mol. The van der Waals surface area contributed by atoms with E-state index in [0.717, 1.165) is 21.5 Å². The van der Waals surface area contributed by atoms with Gasteiger partial charge in [0, 0.05) is 22.4 Å². The Hall–Kier alpha value is -3.78. The normalized spacial score (nSPS) is 18.1. The molecule has 0 saturated carbocycles. The number of rotatable bonds is 5. The lowest BCUT2D eigenvalue weighted by molar-refractivity contribution is -0.150. The molecule has 8 heteroatoms. The van der Waals surface area contributed by atoms with Gasteiger partial charge in [-0.15, -0.1) is 11.3 Å². The van der Waals surface area contributed by atoms with Gasteiger partial charge in [-0.1, -0.05) is 35.9 Å². The molecule has 1 fully saturated rings. The quantitative estimate of drug-likeness (QED) is 0.445. The van der Waals surface area contributed by atoms with Crippen molar-refractivity contribution in [2.45, 2.75) is 26.0 Å². The van der Waals surface area contributed by atoms with Crippen molar-refractivity contribution < 1.29 is 14.3 Å². The number of hydrogen-bond acceptors (Lipinski definition) is 7. The maximum absolute atomic E-state index is 13.2. The number of nitrogen functional groups attached to an aromatic ring is 1. The number of aryl methyl sites for hydroxylation is 1. The van der Waals surface area contributed by atoms with E-state index < -0.39 is 17.9 Å². The Bertz CT molecular complexity index is 1320. The van der Waals surface area contributed by atoms with Crippen LogP contribution in [0.2, 0.25) is 0 Å². The first-order valence-corrected chi connectivity index (χ1v) is 11.5. The van der Waals surface area contributed by atoms with Crippen molar-refractivity contribution in [2.24, 2.45) is 5.92 Å². The number of nitrogens with zero attached hydrogens (tertiary/aromatic N) is 3. The van der Waals surface area contributed by atoms with Crippen LogP contribution in [-0.4, -0.2) is 21.8 Å². The average Bonchev–Trinajstić information content (AvgIpc) is 3.46. The minimum Gasteiger partial charge on any atom is -0.457 e. The predicted molar refractivity (Wildman–Crippen MR) is 128 cm³/mol. The zero-order valence-corrected chi connectivity index (χ0v) is 18.8. The Kier molecular flexibility index (Phi) is 5.51. The summed E-state index contributed by atoms with van der Waals surface area (Å²) in [6.45, 7) is 1.88. The lowest BCUT2D eigenvalue weighted by Gasteiger charge is -2.27. The van der Waals surface area contributed by atoms with Crippen molar-refractivity contribution in [1.82, 2.24) is 9.97 Å². The van der Waals surface area contributed by atoms with Crippen LogP contribution in [-0.2, 0) is 20.9 Å². The van der Waals surface area contributed by atoms with Crippen LogP contribution in [0, 0.1) is 12.8 Å². The van der Waals surface area contributed by atoms with Gasteiger partial charge in [0.25, 0.3) is 0 Å². The molecule has 2 N–H and O–H groups in total. The topological polar surface area (TPSA) is 98.4 Å². The third-order valence-electron chi connectivity index (χ3n) is 5.79. The first-order chi connectivity index (χ1) is 16.0. The molecule has 2 atom stereocenters. The lowest BCUT2D eigenvalue weighted by Crippen LogP contribution is -2.30. The molecule has 0 aliphatic carbocycles. The Morgan fingerprint density at radius 1 is 1.12 bits per heavy atom. The van der Waals surface area contributed by atoms with Crippen LogP contribution in [0.5, 0.6) is 0 Å². The molecule has 166 valence electrons. The Labute approximate surface area is 194 Å². The second-order valence-corrected chi connectivity index (χ2v) is 9.00. The molecule has 0 unspecified atom stereocenters. The van der Waals surface area contributed by atoms with Gasteiger partial charge in [0.15, 0.2) is 12.4 Å². The Balaban J connectivity index is 1.40. The van der Waals surface area contributed by atoms with E-state index in [2.05, 4.69) is 9.97 Å². The van der Waals surface area contributed by atoms with Crippen LogP contribution in [0.4, 0.5) is 11.5 Å². The van der Waals surface area contributed by atoms with E-state index in [-0.39, 0.29) is 18.9 Å². The highest BCUT2D eigenvalue weighted by atomic mass is 32.1. The molecule has 5 rings (SSSR count). The highest BCUT2D eigenvalue weighted by molar-refractivity contribution is 7.10. The Morgan fingerprint density at radius 3 is 2.67 bits per heavy atom. The minimum atomic E-state index is -0.629. The summed E-state index contributed by atoms with van der Waals surface area (Å²) in [5.74, 6) is -0.524. The van der Waals surface area contributed by atoms with Crippen molar-refractivity contribution in [1.29, 1.82) is 0 Å². The van der Waals surface area contributed by atoms with Crippen LogP contribution < -0.4 is 10.6 Å². The molecule has 0 bridgehead atoms. The highest BCUT2D eigenvalue weighted by Gasteiger charge is 2.46. The van der Waals surface area contributed by atoms with Crippen molar-refractivity contribution in [2.75, 3.05) is 10.6 Å². The molecule has 0 spiro atoms. The molecule has 4 aromatic rings. The van der Waals surface area contributed by atoms with E-state index in [1.807, 2.05) is 73.0 Å². The monoisotopic (exact) mass is 458 g/mol. The zero-order valence-electron chi connectivity index (χ0n) is 18.0. The molecule has 1 amide bonds.